The van der Waals surface area contributed by atoms with Gasteiger partial charge in [-0.2, -0.15) is 0 Å². The largest absolute Gasteiger partial charge is 0.346 e. The van der Waals surface area contributed by atoms with E-state index < -0.39 is 0 Å². The van der Waals surface area contributed by atoms with Crippen molar-refractivity contribution in [1.82, 2.24) is 20.3 Å². The predicted octanol–water partition coefficient (Wildman–Crippen LogP) is 0.650. The van der Waals surface area contributed by atoms with Crippen LogP contribution in [0.4, 0.5) is 5.82 Å². The third kappa shape index (κ3) is 3.48. The summed E-state index contributed by atoms with van der Waals surface area (Å²) in [5, 5.41) is 2.79. The van der Waals surface area contributed by atoms with Crippen LogP contribution in [0.15, 0.2) is 30.7 Å². The minimum atomic E-state index is -0.197. The minimum Gasteiger partial charge on any atom is -0.346 e. The number of carbonyl (C=O) groups is 1. The third-order valence-corrected chi connectivity index (χ3v) is 2.72. The van der Waals surface area contributed by atoms with Gasteiger partial charge in [0.15, 0.2) is 0 Å². The fraction of sp³-hybridized carbons (Fsp3) is 0.231. The molecule has 4 N–H and O–H groups in total. The number of nitrogens with two attached hydrogens (primary N) is 1. The normalized spacial score (nSPS) is 10.1. The van der Waals surface area contributed by atoms with Gasteiger partial charge in [-0.25, -0.2) is 20.8 Å². The molecular formula is C13H16N6O. The van der Waals surface area contributed by atoms with E-state index in [0.29, 0.717) is 17.9 Å². The molecule has 0 unspecified atom stereocenters. The maximum Gasteiger partial charge on any atom is 0.251 e. The first kappa shape index (κ1) is 13.9. The third-order valence-electron chi connectivity index (χ3n) is 2.72. The Morgan fingerprint density at radius 2 is 2.20 bits per heavy atom. The van der Waals surface area contributed by atoms with Crippen molar-refractivity contribution in [3.63, 3.8) is 0 Å². The molecule has 2 heterocycles. The zero-order valence-corrected chi connectivity index (χ0v) is 11.1. The molecule has 0 bridgehead atoms. The Balaban J connectivity index is 2.08. The maximum atomic E-state index is 12.1. The van der Waals surface area contributed by atoms with Crippen LogP contribution in [0.5, 0.6) is 0 Å². The van der Waals surface area contributed by atoms with Crippen LogP contribution >= 0.6 is 0 Å². The molecular weight excluding hydrogens is 256 g/mol. The number of carbonyl (C=O) groups excluding carboxylic acids is 1. The molecule has 7 heteroatoms. The molecule has 20 heavy (non-hydrogen) atoms. The number of anilines is 1. The van der Waals surface area contributed by atoms with E-state index >= 15 is 0 Å². The fourth-order valence-electron chi connectivity index (χ4n) is 1.67. The number of hydrogen-bond donors (Lipinski definition) is 3. The highest BCUT2D eigenvalue weighted by atomic mass is 16.1. The van der Waals surface area contributed by atoms with Crippen LogP contribution in [0, 0.1) is 0 Å². The van der Waals surface area contributed by atoms with Gasteiger partial charge in [0.05, 0.1) is 12.2 Å². The van der Waals surface area contributed by atoms with Crippen LogP contribution in [-0.2, 0) is 13.0 Å². The van der Waals surface area contributed by atoms with Crippen molar-refractivity contribution in [3.05, 3.63) is 47.7 Å². The molecule has 2 aromatic rings. The topological polar surface area (TPSA) is 106 Å². The molecule has 0 aliphatic rings. The number of amides is 1. The molecule has 0 spiro atoms. The number of nitrogen functional groups attached to an aromatic ring is 1. The first-order valence-corrected chi connectivity index (χ1v) is 6.23. The minimum absolute atomic E-state index is 0.197. The molecule has 104 valence electrons. The summed E-state index contributed by atoms with van der Waals surface area (Å²) in [7, 11) is 0. The number of pyridine rings is 1. The molecule has 2 rings (SSSR count). The quantitative estimate of drug-likeness (QED) is 0.545. The average Bonchev–Trinajstić information content (AvgIpc) is 2.52. The molecule has 0 aromatic carbocycles. The smallest absolute Gasteiger partial charge is 0.251 e. The Labute approximate surface area is 116 Å². The van der Waals surface area contributed by atoms with E-state index in [1.807, 2.05) is 6.92 Å². The number of aromatic nitrogens is 3. The Hall–Kier alpha value is -2.54. The van der Waals surface area contributed by atoms with Gasteiger partial charge in [0.2, 0.25) is 0 Å². The molecule has 7 nitrogen and oxygen atoms in total. The highest BCUT2D eigenvalue weighted by Crippen LogP contribution is 2.10. The van der Waals surface area contributed by atoms with E-state index in [0.717, 1.165) is 17.8 Å². The lowest BCUT2D eigenvalue weighted by atomic mass is 10.2. The molecule has 0 aliphatic carbocycles. The summed E-state index contributed by atoms with van der Waals surface area (Å²) in [5.74, 6) is 5.62. The van der Waals surface area contributed by atoms with Gasteiger partial charge in [-0.1, -0.05) is 6.92 Å². The summed E-state index contributed by atoms with van der Waals surface area (Å²) in [4.78, 5) is 24.2. The van der Waals surface area contributed by atoms with E-state index in [1.165, 1.54) is 6.33 Å². The van der Waals surface area contributed by atoms with Gasteiger partial charge in [0.25, 0.3) is 5.91 Å². The van der Waals surface area contributed by atoms with Crippen molar-refractivity contribution in [2.45, 2.75) is 19.9 Å². The number of rotatable bonds is 5. The van der Waals surface area contributed by atoms with Crippen molar-refractivity contribution in [2.24, 2.45) is 5.84 Å². The van der Waals surface area contributed by atoms with Crippen molar-refractivity contribution < 1.29 is 4.79 Å². The van der Waals surface area contributed by atoms with Crippen LogP contribution in [0.1, 0.15) is 28.7 Å². The number of nitrogens with zero attached hydrogens (tertiary/aromatic N) is 3. The Morgan fingerprint density at radius 1 is 1.35 bits per heavy atom. The van der Waals surface area contributed by atoms with E-state index in [9.17, 15) is 4.79 Å². The number of hydrogen-bond acceptors (Lipinski definition) is 6. The standard InChI is InChI=1S/C13H16N6O/c1-2-10-5-9(6-12(18-10)19-14)13(20)16-7-11-3-4-15-8-17-11/h3-6,8H,2,7,14H2,1H3,(H,16,20)(H,18,19). The van der Waals surface area contributed by atoms with E-state index in [2.05, 4.69) is 25.7 Å². The van der Waals surface area contributed by atoms with Crippen molar-refractivity contribution in [2.75, 3.05) is 5.43 Å². The van der Waals surface area contributed by atoms with Gasteiger partial charge >= 0.3 is 0 Å². The van der Waals surface area contributed by atoms with Crippen LogP contribution in [0.2, 0.25) is 0 Å². The highest BCUT2D eigenvalue weighted by Gasteiger charge is 2.09. The van der Waals surface area contributed by atoms with Gasteiger partial charge in [-0.05, 0) is 24.6 Å². The average molecular weight is 272 g/mol. The van der Waals surface area contributed by atoms with Gasteiger partial charge in [-0.3, -0.25) is 4.79 Å². The Bertz CT molecular complexity index is 564. The zero-order chi connectivity index (χ0) is 14.4. The molecule has 1 amide bonds. The SMILES string of the molecule is CCc1cc(C(=O)NCc2ccncn2)cc(NN)n1. The summed E-state index contributed by atoms with van der Waals surface area (Å²) in [6, 6.07) is 5.10. The molecule has 0 atom stereocenters. The second kappa shape index (κ2) is 6.58. The second-order valence-corrected chi connectivity index (χ2v) is 4.11. The Morgan fingerprint density at radius 3 is 2.85 bits per heavy atom. The number of aryl methyl sites for hydroxylation is 1. The lowest BCUT2D eigenvalue weighted by molar-refractivity contribution is 0.0950. The summed E-state index contributed by atoms with van der Waals surface area (Å²) in [6.07, 6.45) is 3.80. The summed E-state index contributed by atoms with van der Waals surface area (Å²) < 4.78 is 0. The first-order valence-electron chi connectivity index (χ1n) is 6.23. The molecule has 0 saturated heterocycles. The lowest BCUT2D eigenvalue weighted by Crippen LogP contribution is -2.24. The van der Waals surface area contributed by atoms with Gasteiger partial charge in [0, 0.05) is 17.5 Å². The molecule has 0 fully saturated rings. The van der Waals surface area contributed by atoms with Gasteiger partial charge in [-0.15, -0.1) is 0 Å². The summed E-state index contributed by atoms with van der Waals surface area (Å²) in [5.41, 5.74) is 4.52. The van der Waals surface area contributed by atoms with Crippen LogP contribution in [0.3, 0.4) is 0 Å². The summed E-state index contributed by atoms with van der Waals surface area (Å²) in [6.45, 7) is 2.31. The fourth-order valence-corrected chi connectivity index (χ4v) is 1.67. The molecule has 0 radical (unpaired) electrons. The summed E-state index contributed by atoms with van der Waals surface area (Å²) >= 11 is 0. The number of hydrazine groups is 1. The predicted molar refractivity (Wildman–Crippen MR) is 74.6 cm³/mol. The molecule has 0 saturated carbocycles. The monoisotopic (exact) mass is 272 g/mol. The van der Waals surface area contributed by atoms with E-state index in [1.54, 1.807) is 24.4 Å². The highest BCUT2D eigenvalue weighted by molar-refractivity contribution is 5.94. The van der Waals surface area contributed by atoms with Crippen molar-refractivity contribution in [1.29, 1.82) is 0 Å². The van der Waals surface area contributed by atoms with Crippen molar-refractivity contribution >= 4 is 11.7 Å². The van der Waals surface area contributed by atoms with E-state index in [4.69, 9.17) is 5.84 Å². The molecule has 2 aromatic heterocycles. The first-order chi connectivity index (χ1) is 9.72. The Kier molecular flexibility index (Phi) is 4.56. The maximum absolute atomic E-state index is 12.1. The molecule has 0 aliphatic heterocycles. The zero-order valence-electron chi connectivity index (χ0n) is 11.1. The lowest BCUT2D eigenvalue weighted by Gasteiger charge is -2.08. The van der Waals surface area contributed by atoms with Crippen LogP contribution < -0.4 is 16.6 Å². The van der Waals surface area contributed by atoms with Crippen LogP contribution in [-0.4, -0.2) is 20.9 Å². The van der Waals surface area contributed by atoms with Crippen LogP contribution in [0.25, 0.3) is 0 Å². The van der Waals surface area contributed by atoms with Gasteiger partial charge < -0.3 is 10.7 Å². The van der Waals surface area contributed by atoms with E-state index in [-0.39, 0.29) is 5.91 Å². The van der Waals surface area contributed by atoms with Crippen molar-refractivity contribution in [3.8, 4) is 0 Å². The second-order valence-electron chi connectivity index (χ2n) is 4.11. The number of nitrogens with one attached hydrogen (secondary N) is 2. The van der Waals surface area contributed by atoms with Gasteiger partial charge in [0.1, 0.15) is 12.1 Å².